The highest BCUT2D eigenvalue weighted by atomic mass is 35.5. The maximum absolute atomic E-state index is 14.3. The number of anilines is 1. The summed E-state index contributed by atoms with van der Waals surface area (Å²) in [7, 11) is 0. The number of rotatable bonds is 8. The van der Waals surface area contributed by atoms with Gasteiger partial charge in [-0.15, -0.1) is 0 Å². The minimum absolute atomic E-state index is 0.169. The predicted molar refractivity (Wildman–Crippen MR) is 142 cm³/mol. The van der Waals surface area contributed by atoms with E-state index in [2.05, 4.69) is 20.5 Å². The first-order valence-corrected chi connectivity index (χ1v) is 13.1. The first-order chi connectivity index (χ1) is 18.1. The number of nitrogens with one attached hydrogen (secondary N) is 2. The quantitative estimate of drug-likeness (QED) is 0.334. The number of carbonyl (C=O) groups excluding carboxylic acids is 1. The van der Waals surface area contributed by atoms with Gasteiger partial charge >= 0.3 is 0 Å². The lowest BCUT2D eigenvalue weighted by atomic mass is 10.1. The molecule has 1 saturated carbocycles. The van der Waals surface area contributed by atoms with Gasteiger partial charge in [0.25, 0.3) is 5.91 Å². The van der Waals surface area contributed by atoms with Crippen molar-refractivity contribution in [3.63, 3.8) is 0 Å². The molecule has 0 bridgehead atoms. The van der Waals surface area contributed by atoms with Crippen LogP contribution in [0.3, 0.4) is 0 Å². The Morgan fingerprint density at radius 3 is 2.78 bits per heavy atom. The second kappa shape index (κ2) is 10.2. The number of fused-ring (bicyclic) bond motifs is 3. The lowest BCUT2D eigenvalue weighted by Gasteiger charge is -2.26. The number of hydrogen-bond donors (Lipinski definition) is 2. The van der Waals surface area contributed by atoms with Gasteiger partial charge in [-0.25, -0.2) is 14.4 Å². The van der Waals surface area contributed by atoms with Gasteiger partial charge in [0.15, 0.2) is 11.5 Å². The van der Waals surface area contributed by atoms with E-state index >= 15 is 0 Å². The number of carbonyl (C=O) groups is 1. The molecule has 4 aromatic rings. The van der Waals surface area contributed by atoms with Crippen molar-refractivity contribution in [2.45, 2.75) is 25.3 Å². The molecule has 8 nitrogen and oxygen atoms in total. The minimum Gasteiger partial charge on any atom is -0.379 e. The Bertz CT molecular complexity index is 1460. The Balaban J connectivity index is 1.31. The number of amides is 1. The molecule has 192 valence electrons. The van der Waals surface area contributed by atoms with Crippen LogP contribution in [-0.2, 0) is 4.74 Å². The van der Waals surface area contributed by atoms with Gasteiger partial charge < -0.3 is 15.4 Å². The van der Waals surface area contributed by atoms with Gasteiger partial charge in [-0.05, 0) is 50.1 Å². The standard InChI is InChI=1S/C27H28ClFN6O2/c28-21-14-17(2-6-20(21)27(36)32-19-4-5-19)24-16-31-26-25(30-8-1-9-34-10-12-37-13-11-34)33-22-7-3-18(29)15-23(22)35(24)26/h2-3,6-7,14-16,19H,1,4-5,8-13H2,(H,30,33)(H,32,36). The third kappa shape index (κ3) is 5.12. The number of benzene rings is 2. The normalized spacial score (nSPS) is 16.4. The van der Waals surface area contributed by atoms with Crippen molar-refractivity contribution in [3.05, 3.63) is 59.0 Å². The Labute approximate surface area is 218 Å². The van der Waals surface area contributed by atoms with Gasteiger partial charge in [-0.2, -0.15) is 0 Å². The van der Waals surface area contributed by atoms with Gasteiger partial charge in [0.1, 0.15) is 5.82 Å². The van der Waals surface area contributed by atoms with Gasteiger partial charge in [0.05, 0.1) is 46.7 Å². The summed E-state index contributed by atoms with van der Waals surface area (Å²) in [6.45, 7) is 5.18. The van der Waals surface area contributed by atoms with Gasteiger partial charge in [-0.3, -0.25) is 14.1 Å². The predicted octanol–water partition coefficient (Wildman–Crippen LogP) is 4.37. The van der Waals surface area contributed by atoms with Crippen molar-refractivity contribution in [3.8, 4) is 11.3 Å². The van der Waals surface area contributed by atoms with E-state index in [4.69, 9.17) is 21.3 Å². The maximum atomic E-state index is 14.3. The van der Waals surface area contributed by atoms with E-state index in [0.29, 0.717) is 33.1 Å². The summed E-state index contributed by atoms with van der Waals surface area (Å²) in [5.74, 6) is 0.114. The Kier molecular flexibility index (Phi) is 6.67. The van der Waals surface area contributed by atoms with Crippen molar-refractivity contribution < 1.29 is 13.9 Å². The molecule has 0 spiro atoms. The molecule has 0 atom stereocenters. The summed E-state index contributed by atoms with van der Waals surface area (Å²) in [4.78, 5) is 24.3. The number of imidazole rings is 1. The van der Waals surface area contributed by atoms with Gasteiger partial charge in [0, 0.05) is 37.3 Å². The highest BCUT2D eigenvalue weighted by molar-refractivity contribution is 6.34. The van der Waals surface area contributed by atoms with Gasteiger partial charge in [0.2, 0.25) is 0 Å². The van der Waals surface area contributed by atoms with Crippen molar-refractivity contribution in [2.75, 3.05) is 44.7 Å². The molecular formula is C27H28ClFN6O2. The number of halogens is 2. The van der Waals surface area contributed by atoms with E-state index in [9.17, 15) is 9.18 Å². The molecular weight excluding hydrogens is 495 g/mol. The first-order valence-electron chi connectivity index (χ1n) is 12.7. The summed E-state index contributed by atoms with van der Waals surface area (Å²) in [5, 5.41) is 6.76. The molecule has 6 rings (SSSR count). The summed E-state index contributed by atoms with van der Waals surface area (Å²) in [6, 6.07) is 10.1. The number of morpholine rings is 1. The summed E-state index contributed by atoms with van der Waals surface area (Å²) >= 11 is 6.53. The molecule has 1 saturated heterocycles. The second-order valence-corrected chi connectivity index (χ2v) is 9.98. The van der Waals surface area contributed by atoms with Crippen LogP contribution in [0.4, 0.5) is 10.2 Å². The molecule has 2 aromatic carbocycles. The van der Waals surface area contributed by atoms with Crippen LogP contribution in [0.1, 0.15) is 29.6 Å². The highest BCUT2D eigenvalue weighted by Crippen LogP contribution is 2.31. The zero-order valence-electron chi connectivity index (χ0n) is 20.3. The highest BCUT2D eigenvalue weighted by Gasteiger charge is 2.25. The van der Waals surface area contributed by atoms with E-state index in [1.54, 1.807) is 24.4 Å². The monoisotopic (exact) mass is 522 g/mol. The number of nitrogens with zero attached hydrogens (tertiary/aromatic N) is 4. The number of ether oxygens (including phenoxy) is 1. The lowest BCUT2D eigenvalue weighted by molar-refractivity contribution is 0.0378. The van der Waals surface area contributed by atoms with Crippen LogP contribution in [0, 0.1) is 5.82 Å². The third-order valence-electron chi connectivity index (χ3n) is 6.85. The Morgan fingerprint density at radius 2 is 2.00 bits per heavy atom. The van der Waals surface area contributed by atoms with E-state index in [-0.39, 0.29) is 17.8 Å². The molecule has 2 fully saturated rings. The van der Waals surface area contributed by atoms with Crippen molar-refractivity contribution in [1.29, 1.82) is 0 Å². The van der Waals surface area contributed by atoms with Crippen LogP contribution in [-0.4, -0.2) is 70.6 Å². The molecule has 10 heteroatoms. The Morgan fingerprint density at radius 1 is 1.16 bits per heavy atom. The average molecular weight is 523 g/mol. The van der Waals surface area contributed by atoms with Crippen LogP contribution >= 0.6 is 11.6 Å². The van der Waals surface area contributed by atoms with E-state index < -0.39 is 0 Å². The van der Waals surface area contributed by atoms with Crippen LogP contribution in [0.25, 0.3) is 27.9 Å². The maximum Gasteiger partial charge on any atom is 0.253 e. The van der Waals surface area contributed by atoms with Crippen LogP contribution < -0.4 is 10.6 Å². The van der Waals surface area contributed by atoms with Crippen molar-refractivity contribution in [1.82, 2.24) is 24.6 Å². The van der Waals surface area contributed by atoms with Gasteiger partial charge in [-0.1, -0.05) is 17.7 Å². The molecule has 2 aromatic heterocycles. The number of hydrogen-bond acceptors (Lipinski definition) is 6. The SMILES string of the molecule is O=C(NC1CC1)c1ccc(-c2cnc3c(NCCCN4CCOCC4)nc4ccc(F)cc4n23)cc1Cl. The fourth-order valence-electron chi connectivity index (χ4n) is 4.71. The Hall–Kier alpha value is -3.27. The zero-order chi connectivity index (χ0) is 25.4. The molecule has 1 aliphatic heterocycles. The fourth-order valence-corrected chi connectivity index (χ4v) is 4.98. The average Bonchev–Trinajstić information content (AvgIpc) is 3.60. The van der Waals surface area contributed by atoms with E-state index in [1.165, 1.54) is 12.1 Å². The molecule has 2 N–H and O–H groups in total. The molecule has 1 aliphatic carbocycles. The second-order valence-electron chi connectivity index (χ2n) is 9.57. The zero-order valence-corrected chi connectivity index (χ0v) is 21.1. The molecule has 3 heterocycles. The third-order valence-corrected chi connectivity index (χ3v) is 7.17. The first kappa shape index (κ1) is 24.1. The topological polar surface area (TPSA) is 83.8 Å². The summed E-state index contributed by atoms with van der Waals surface area (Å²) < 4.78 is 21.6. The lowest BCUT2D eigenvalue weighted by Crippen LogP contribution is -2.37. The van der Waals surface area contributed by atoms with E-state index in [0.717, 1.165) is 69.9 Å². The number of aromatic nitrogens is 3. The molecule has 37 heavy (non-hydrogen) atoms. The van der Waals surface area contributed by atoms with Crippen LogP contribution in [0.15, 0.2) is 42.6 Å². The summed E-state index contributed by atoms with van der Waals surface area (Å²) in [5.41, 5.74) is 3.80. The smallest absolute Gasteiger partial charge is 0.253 e. The summed E-state index contributed by atoms with van der Waals surface area (Å²) in [6.07, 6.45) is 4.69. The van der Waals surface area contributed by atoms with Crippen LogP contribution in [0.2, 0.25) is 5.02 Å². The molecule has 0 radical (unpaired) electrons. The fraction of sp³-hybridized carbons (Fsp3) is 0.370. The van der Waals surface area contributed by atoms with E-state index in [1.807, 2.05) is 10.5 Å². The largest absolute Gasteiger partial charge is 0.379 e. The minimum atomic E-state index is -0.355. The molecule has 2 aliphatic rings. The van der Waals surface area contributed by atoms with Crippen molar-refractivity contribution in [2.24, 2.45) is 0 Å². The molecule has 0 unspecified atom stereocenters. The van der Waals surface area contributed by atoms with Crippen LogP contribution in [0.5, 0.6) is 0 Å². The molecule has 1 amide bonds. The van der Waals surface area contributed by atoms with Crippen molar-refractivity contribution >= 4 is 40.0 Å².